The average molecular weight is 495 g/mol. The number of ether oxygens (including phenoxy) is 1. The first-order valence-electron chi connectivity index (χ1n) is 10.1. The highest BCUT2D eigenvalue weighted by atomic mass is 35.5. The number of methoxy groups -OCH3 is 1. The fraction of sp³-hybridized carbons (Fsp3) is 0.125. The van der Waals surface area contributed by atoms with Crippen LogP contribution in [0, 0.1) is 0 Å². The summed E-state index contributed by atoms with van der Waals surface area (Å²) in [4.78, 5) is 7.60. The van der Waals surface area contributed by atoms with Crippen LogP contribution in [0.1, 0.15) is 24.4 Å². The minimum absolute atomic E-state index is 0.310. The maximum absolute atomic E-state index is 6.31. The van der Waals surface area contributed by atoms with Crippen LogP contribution in [-0.2, 0) is 0 Å². The second-order valence-corrected chi connectivity index (χ2v) is 9.14. The van der Waals surface area contributed by atoms with Crippen molar-refractivity contribution >= 4 is 51.5 Å². The van der Waals surface area contributed by atoms with Gasteiger partial charge in [-0.15, -0.1) is 11.3 Å². The van der Waals surface area contributed by atoms with Gasteiger partial charge in [0.2, 0.25) is 5.82 Å². The van der Waals surface area contributed by atoms with E-state index in [1.807, 2.05) is 77.9 Å². The number of nitrogens with zero attached hydrogens (tertiary/aromatic N) is 3. The molecular weight excluding hydrogens is 476 g/mol. The van der Waals surface area contributed by atoms with Crippen molar-refractivity contribution in [1.29, 1.82) is 0 Å². The molecule has 6 nitrogen and oxygen atoms in total. The van der Waals surface area contributed by atoms with Crippen molar-refractivity contribution in [3.63, 3.8) is 0 Å². The molecule has 1 aliphatic heterocycles. The van der Waals surface area contributed by atoms with Crippen LogP contribution in [-0.4, -0.2) is 22.4 Å². The van der Waals surface area contributed by atoms with Crippen LogP contribution in [0.25, 0.3) is 16.3 Å². The summed E-state index contributed by atoms with van der Waals surface area (Å²) in [5, 5.41) is 10.8. The van der Waals surface area contributed by atoms with Crippen LogP contribution in [0.3, 0.4) is 0 Å². The van der Waals surface area contributed by atoms with Crippen molar-refractivity contribution in [3.05, 3.63) is 88.2 Å². The monoisotopic (exact) mass is 494 g/mol. The van der Waals surface area contributed by atoms with Crippen LogP contribution in [0.2, 0.25) is 5.02 Å². The lowest BCUT2D eigenvalue weighted by Gasteiger charge is -2.37. The number of benzene rings is 2. The van der Waals surface area contributed by atoms with E-state index < -0.39 is 0 Å². The fourth-order valence-corrected chi connectivity index (χ4v) is 5.06. The number of aromatic nitrogens is 2. The Hall–Kier alpha value is -3.20. The van der Waals surface area contributed by atoms with Gasteiger partial charge in [-0.1, -0.05) is 41.0 Å². The summed E-state index contributed by atoms with van der Waals surface area (Å²) in [5.74, 6) is 1.70. The van der Waals surface area contributed by atoms with Crippen molar-refractivity contribution in [2.24, 2.45) is 0 Å². The summed E-state index contributed by atoms with van der Waals surface area (Å²) >= 11 is 13.7. The van der Waals surface area contributed by atoms with Gasteiger partial charge in [-0.3, -0.25) is 4.90 Å². The van der Waals surface area contributed by atoms with Crippen molar-refractivity contribution in [2.45, 2.75) is 13.0 Å². The minimum atomic E-state index is -0.310. The average Bonchev–Trinajstić information content (AvgIpc) is 3.51. The molecule has 0 radical (unpaired) electrons. The maximum atomic E-state index is 6.31. The maximum Gasteiger partial charge on any atom is 0.258 e. The molecule has 1 unspecified atom stereocenters. The van der Waals surface area contributed by atoms with E-state index >= 15 is 0 Å². The van der Waals surface area contributed by atoms with Crippen LogP contribution in [0.5, 0.6) is 5.75 Å². The second kappa shape index (κ2) is 8.97. The first-order chi connectivity index (χ1) is 16.0. The number of nitrogens with one attached hydrogen (secondary N) is 1. The number of anilines is 1. The molecule has 1 N–H and O–H groups in total. The molecule has 4 aromatic rings. The Morgan fingerprint density at radius 2 is 2.00 bits per heavy atom. The number of hydrogen-bond donors (Lipinski definition) is 1. The zero-order valence-electron chi connectivity index (χ0n) is 17.8. The molecule has 0 aliphatic carbocycles. The molecular formula is C24H19ClN4O2S2. The van der Waals surface area contributed by atoms with Crippen LogP contribution in [0.4, 0.5) is 5.69 Å². The molecule has 1 aliphatic rings. The van der Waals surface area contributed by atoms with Gasteiger partial charge in [0.05, 0.1) is 29.3 Å². The third-order valence-corrected chi connectivity index (χ3v) is 6.78. The number of rotatable bonds is 5. The van der Waals surface area contributed by atoms with Gasteiger partial charge in [0, 0.05) is 16.8 Å². The zero-order chi connectivity index (χ0) is 22.9. The zero-order valence-corrected chi connectivity index (χ0v) is 20.2. The van der Waals surface area contributed by atoms with E-state index in [2.05, 4.69) is 10.5 Å². The fourth-order valence-electron chi connectivity index (χ4n) is 3.86. The van der Waals surface area contributed by atoms with E-state index in [1.54, 1.807) is 18.4 Å². The van der Waals surface area contributed by atoms with Gasteiger partial charge in [-0.25, -0.2) is 0 Å². The molecule has 0 bridgehead atoms. The number of thiophene rings is 1. The summed E-state index contributed by atoms with van der Waals surface area (Å²) in [6, 6.07) is 19.0. The number of thiocarbonyl (C=S) groups is 1. The highest BCUT2D eigenvalue weighted by molar-refractivity contribution is 7.80. The topological polar surface area (TPSA) is 63.4 Å². The van der Waals surface area contributed by atoms with Gasteiger partial charge >= 0.3 is 0 Å². The predicted molar refractivity (Wildman–Crippen MR) is 136 cm³/mol. The molecule has 0 fully saturated rings. The summed E-state index contributed by atoms with van der Waals surface area (Å²) in [7, 11) is 1.64. The predicted octanol–water partition coefficient (Wildman–Crippen LogP) is 6.33. The number of halogens is 1. The lowest BCUT2D eigenvalue weighted by molar-refractivity contribution is 0.404. The normalized spacial score (nSPS) is 16.2. The summed E-state index contributed by atoms with van der Waals surface area (Å²) in [6.45, 7) is 1.99. The van der Waals surface area contributed by atoms with E-state index in [4.69, 9.17) is 38.1 Å². The van der Waals surface area contributed by atoms with E-state index in [0.717, 1.165) is 33.1 Å². The molecule has 0 saturated carbocycles. The van der Waals surface area contributed by atoms with E-state index in [9.17, 15) is 0 Å². The van der Waals surface area contributed by atoms with E-state index in [1.165, 1.54) is 0 Å². The van der Waals surface area contributed by atoms with Crippen LogP contribution < -0.4 is 15.0 Å². The van der Waals surface area contributed by atoms with Crippen molar-refractivity contribution < 1.29 is 9.26 Å². The second-order valence-electron chi connectivity index (χ2n) is 7.37. The SMILES string of the molecule is COc1cccc(N2C(=S)NC(c3cccc(Cl)c3)C(c3nc(-c4cccs4)no3)=C2C)c1. The molecule has 166 valence electrons. The Morgan fingerprint density at radius 1 is 1.15 bits per heavy atom. The van der Waals surface area contributed by atoms with Gasteiger partial charge in [-0.2, -0.15) is 4.98 Å². The van der Waals surface area contributed by atoms with Gasteiger partial charge in [0.1, 0.15) is 5.75 Å². The lowest BCUT2D eigenvalue weighted by atomic mass is 9.94. The summed E-state index contributed by atoms with van der Waals surface area (Å²) in [6.07, 6.45) is 0. The Labute approximate surface area is 205 Å². The number of hydrogen-bond acceptors (Lipinski definition) is 6. The smallest absolute Gasteiger partial charge is 0.258 e. The standard InChI is InChI=1S/C24H19ClN4O2S2/c1-14-20(23-27-22(28-31-23)19-10-5-11-33-19)21(15-6-3-7-16(25)12-15)26-24(32)29(14)17-8-4-9-18(13-17)30-2/h3-13,21H,1-2H3,(H,26,32). The molecule has 0 saturated heterocycles. The summed E-state index contributed by atoms with van der Waals surface area (Å²) in [5.41, 5.74) is 3.51. The third kappa shape index (κ3) is 4.13. The molecule has 3 heterocycles. The van der Waals surface area contributed by atoms with Gasteiger partial charge < -0.3 is 14.6 Å². The molecule has 0 amide bonds. The highest BCUT2D eigenvalue weighted by Gasteiger charge is 2.35. The van der Waals surface area contributed by atoms with Gasteiger partial charge in [-0.05, 0) is 60.4 Å². The Morgan fingerprint density at radius 3 is 2.76 bits per heavy atom. The first kappa shape index (κ1) is 21.6. The molecule has 1 atom stereocenters. The van der Waals surface area contributed by atoms with Crippen molar-refractivity contribution in [2.75, 3.05) is 12.0 Å². The molecule has 33 heavy (non-hydrogen) atoms. The third-order valence-electron chi connectivity index (χ3n) is 5.38. The quantitative estimate of drug-likeness (QED) is 0.325. The van der Waals surface area contributed by atoms with Gasteiger partial charge in [0.15, 0.2) is 5.11 Å². The molecule has 5 rings (SSSR count). The molecule has 2 aromatic heterocycles. The van der Waals surface area contributed by atoms with E-state index in [-0.39, 0.29) is 6.04 Å². The van der Waals surface area contributed by atoms with Crippen LogP contribution in [0.15, 0.2) is 76.3 Å². The number of allylic oxidation sites excluding steroid dienone is 1. The highest BCUT2D eigenvalue weighted by Crippen LogP contribution is 2.40. The Bertz CT molecular complexity index is 1350. The molecule has 2 aromatic carbocycles. The van der Waals surface area contributed by atoms with E-state index in [0.29, 0.717) is 21.9 Å². The minimum Gasteiger partial charge on any atom is -0.497 e. The Balaban J connectivity index is 1.67. The van der Waals surface area contributed by atoms with Crippen LogP contribution >= 0.6 is 35.2 Å². The molecule has 9 heteroatoms. The van der Waals surface area contributed by atoms with Gasteiger partial charge in [0.25, 0.3) is 5.89 Å². The van der Waals surface area contributed by atoms with Crippen molar-refractivity contribution in [3.8, 4) is 16.5 Å². The lowest BCUT2D eigenvalue weighted by Crippen LogP contribution is -2.46. The molecule has 0 spiro atoms. The Kier molecular flexibility index (Phi) is 5.88. The summed E-state index contributed by atoms with van der Waals surface area (Å²) < 4.78 is 11.2. The largest absolute Gasteiger partial charge is 0.497 e. The first-order valence-corrected chi connectivity index (χ1v) is 11.8. The van der Waals surface area contributed by atoms with Crippen molar-refractivity contribution in [1.82, 2.24) is 15.5 Å².